The molecule has 7 aromatic carbocycles. The van der Waals surface area contributed by atoms with Crippen molar-refractivity contribution in [2.45, 2.75) is 26.5 Å². The second-order valence-corrected chi connectivity index (χ2v) is 21.3. The molecular weight excluding hydrogens is 938 g/mol. The molecule has 0 aliphatic rings. The topological polar surface area (TPSA) is 30.7 Å². The summed E-state index contributed by atoms with van der Waals surface area (Å²) < 4.78 is 43.6. The number of rotatable bonds is 6. The largest absolute Gasteiger partial charge is 0.330 e. The fraction of sp³-hybridized carbons (Fsp3) is 0.0769. The van der Waals surface area contributed by atoms with Gasteiger partial charge in [-0.15, -0.1) is 54.1 Å². The Labute approximate surface area is 367 Å². The van der Waals surface area contributed by atoms with Crippen LogP contribution in [0.3, 0.4) is 0 Å². The van der Waals surface area contributed by atoms with Gasteiger partial charge in [0, 0.05) is 46.4 Å². The van der Waals surface area contributed by atoms with Gasteiger partial charge in [-0.2, -0.15) is 11.3 Å². The van der Waals surface area contributed by atoms with Gasteiger partial charge in [-0.1, -0.05) is 139 Å². The summed E-state index contributed by atoms with van der Waals surface area (Å²) >= 11 is 1.56. The average Bonchev–Trinajstić information content (AvgIpc) is 3.86. The van der Waals surface area contributed by atoms with Crippen LogP contribution in [0.15, 0.2) is 170 Å². The summed E-state index contributed by atoms with van der Waals surface area (Å²) in [4.78, 5) is 9.56. The Hall–Kier alpha value is -5.82. The quantitative estimate of drug-likeness (QED) is 0.123. The van der Waals surface area contributed by atoms with Crippen LogP contribution in [0.4, 0.5) is 4.39 Å². The minimum absolute atomic E-state index is 0. The van der Waals surface area contributed by atoms with Crippen LogP contribution in [0.25, 0.3) is 81.8 Å². The van der Waals surface area contributed by atoms with Gasteiger partial charge in [-0.25, -0.2) is 4.39 Å². The molecule has 59 heavy (non-hydrogen) atoms. The molecule has 10 rings (SSSR count). The number of thiophene rings is 1. The molecule has 0 atom stereocenters. The minimum atomic E-state index is -2.21. The van der Waals surface area contributed by atoms with Crippen molar-refractivity contribution in [2.75, 3.05) is 0 Å². The van der Waals surface area contributed by atoms with Crippen LogP contribution >= 0.6 is 11.3 Å². The summed E-state index contributed by atoms with van der Waals surface area (Å²) in [6, 6.07) is 59.4. The van der Waals surface area contributed by atoms with E-state index in [0.29, 0.717) is 22.4 Å². The first-order chi connectivity index (χ1) is 29.4. The van der Waals surface area contributed by atoms with Crippen LogP contribution in [-0.4, -0.2) is 22.6 Å². The Morgan fingerprint density at radius 1 is 0.695 bits per heavy atom. The van der Waals surface area contributed by atoms with Gasteiger partial charge in [-0.3, -0.25) is 4.98 Å². The van der Waals surface area contributed by atoms with E-state index in [-0.39, 0.29) is 25.9 Å². The first-order valence-corrected chi connectivity index (χ1v) is 23.5. The molecule has 7 heteroatoms. The molecule has 3 aromatic heterocycles. The van der Waals surface area contributed by atoms with Crippen LogP contribution in [0.1, 0.15) is 9.68 Å². The van der Waals surface area contributed by atoms with E-state index in [0.717, 1.165) is 64.9 Å². The second kappa shape index (κ2) is 16.8. The smallest absolute Gasteiger partial charge is 0.148 e. The summed E-state index contributed by atoms with van der Waals surface area (Å²) in [5.74, 6) is 0.187. The normalized spacial score (nSPS) is 12.3. The minimum Gasteiger partial charge on any atom is -0.330 e. The van der Waals surface area contributed by atoms with Gasteiger partial charge in [0.15, 0.2) is 0 Å². The third kappa shape index (κ3) is 8.00. The Morgan fingerprint density at radius 3 is 2.19 bits per heavy atom. The van der Waals surface area contributed by atoms with Crippen molar-refractivity contribution in [3.8, 4) is 50.6 Å². The number of benzene rings is 7. The third-order valence-corrected chi connectivity index (χ3v) is 13.6. The van der Waals surface area contributed by atoms with Gasteiger partial charge in [-0.05, 0) is 68.8 Å². The first-order valence-electron chi connectivity index (χ1n) is 20.7. The standard InChI is InChI=1S/C38H24FN2S.C14H16NSi.Ir/c1-24-18-21-35-31(22-24)29-14-8-15-30(37(29)42-35)38-40-33-17-9-16-32(39)36(33)41(38)34-23-27(25-10-4-2-5-11-25)19-20-28(34)26-12-6-3-7-13-26;1-16(2,3)13-9-10-14(15-11-13)12-7-5-4-6-8-12;/h2-14,16-23H,1H3;4-7,9-11H,1-3H3;/q2*-1;/i1D3;;. The van der Waals surface area contributed by atoms with E-state index in [9.17, 15) is 0 Å². The molecule has 3 heterocycles. The summed E-state index contributed by atoms with van der Waals surface area (Å²) in [6.45, 7) is 4.78. The first kappa shape index (κ1) is 36.3. The molecule has 0 saturated carbocycles. The number of fused-ring (bicyclic) bond motifs is 4. The van der Waals surface area contributed by atoms with Crippen LogP contribution in [0.5, 0.6) is 0 Å². The third-order valence-electron chi connectivity index (χ3n) is 10.3. The molecule has 3 nitrogen and oxygen atoms in total. The maximum atomic E-state index is 15.9. The maximum Gasteiger partial charge on any atom is 0.148 e. The van der Waals surface area contributed by atoms with Crippen LogP contribution in [-0.2, 0) is 20.1 Å². The number of hydrogen-bond donors (Lipinski definition) is 0. The molecule has 0 bridgehead atoms. The number of imidazole rings is 1. The zero-order chi connectivity index (χ0) is 42.3. The van der Waals surface area contributed by atoms with E-state index in [1.807, 2.05) is 95.7 Å². The number of aryl methyl sites for hydroxylation is 1. The monoisotopic (exact) mass is 981 g/mol. The van der Waals surface area contributed by atoms with Crippen molar-refractivity contribution < 1.29 is 28.6 Å². The summed E-state index contributed by atoms with van der Waals surface area (Å²) in [5.41, 5.74) is 8.77. The molecule has 10 aromatic rings. The molecule has 0 saturated heterocycles. The summed E-state index contributed by atoms with van der Waals surface area (Å²) in [7, 11) is -1.23. The number of aromatic nitrogens is 3. The van der Waals surface area contributed by atoms with Gasteiger partial charge in [0.2, 0.25) is 0 Å². The van der Waals surface area contributed by atoms with Gasteiger partial charge in [0.25, 0.3) is 0 Å². The van der Waals surface area contributed by atoms with Gasteiger partial charge < -0.3 is 9.55 Å². The fourth-order valence-electron chi connectivity index (χ4n) is 7.33. The molecule has 0 aliphatic heterocycles. The molecule has 0 fully saturated rings. The van der Waals surface area contributed by atoms with Crippen molar-refractivity contribution in [3.63, 3.8) is 0 Å². The van der Waals surface area contributed by atoms with E-state index in [1.165, 1.54) is 11.3 Å². The summed E-state index contributed by atoms with van der Waals surface area (Å²) in [6.07, 6.45) is 2.02. The summed E-state index contributed by atoms with van der Waals surface area (Å²) in [5, 5.41) is 3.17. The van der Waals surface area contributed by atoms with Crippen molar-refractivity contribution in [2.24, 2.45) is 0 Å². The molecule has 0 aliphatic carbocycles. The average molecular weight is 981 g/mol. The molecule has 0 unspecified atom stereocenters. The number of hydrogen-bond acceptors (Lipinski definition) is 3. The number of para-hydroxylation sites is 1. The molecule has 291 valence electrons. The van der Waals surface area contributed by atoms with Gasteiger partial charge in [0.1, 0.15) is 5.82 Å². The molecule has 0 N–H and O–H groups in total. The van der Waals surface area contributed by atoms with E-state index < -0.39 is 14.9 Å². The van der Waals surface area contributed by atoms with Crippen LogP contribution in [0, 0.1) is 24.8 Å². The van der Waals surface area contributed by atoms with Crippen molar-refractivity contribution in [1.29, 1.82) is 0 Å². The van der Waals surface area contributed by atoms with E-state index in [4.69, 9.17) is 9.10 Å². The van der Waals surface area contributed by atoms with E-state index in [1.54, 1.807) is 29.5 Å². The second-order valence-electron chi connectivity index (χ2n) is 15.2. The Balaban J connectivity index is 0.000000263. The fourth-order valence-corrected chi connectivity index (χ4v) is 9.54. The zero-order valence-corrected chi connectivity index (χ0v) is 36.8. The van der Waals surface area contributed by atoms with Crippen molar-refractivity contribution in [3.05, 3.63) is 194 Å². The van der Waals surface area contributed by atoms with Crippen molar-refractivity contribution in [1.82, 2.24) is 14.5 Å². The Morgan fingerprint density at radius 2 is 1.47 bits per heavy atom. The van der Waals surface area contributed by atoms with E-state index in [2.05, 4.69) is 91.4 Å². The SMILES string of the molecule is C[Si](C)(C)c1ccc(-c2[c-]cccc2)nc1.[2H]C([2H])([2H])c1ccc2sc3c(-c4nc5cccc(F)c5n4-c4cc(-c5ccccc5)ccc4-c4ccccc4)[c-]ccc3c2c1.[Ir]. The predicted molar refractivity (Wildman–Crippen MR) is 245 cm³/mol. The van der Waals surface area contributed by atoms with Crippen molar-refractivity contribution >= 4 is 55.8 Å². The zero-order valence-electron chi connectivity index (χ0n) is 35.6. The van der Waals surface area contributed by atoms with Crippen LogP contribution < -0.4 is 5.19 Å². The maximum absolute atomic E-state index is 15.9. The predicted octanol–water partition coefficient (Wildman–Crippen LogP) is 13.7. The Bertz CT molecular complexity index is 3170. The molecule has 0 amide bonds. The Kier molecular flexibility index (Phi) is 10.3. The molecule has 1 radical (unpaired) electrons. The van der Waals surface area contributed by atoms with Gasteiger partial charge >= 0.3 is 0 Å². The number of nitrogens with zero attached hydrogens (tertiary/aromatic N) is 3. The van der Waals surface area contributed by atoms with E-state index >= 15 is 4.39 Å². The van der Waals surface area contributed by atoms with Crippen LogP contribution in [0.2, 0.25) is 19.6 Å². The van der Waals surface area contributed by atoms with Gasteiger partial charge in [0.05, 0.1) is 24.9 Å². The molecule has 0 spiro atoms. The number of pyridine rings is 1. The number of halogens is 1. The molecular formula is C52H40FIrN3SSi-2.